The molecule has 1 amide bonds. The van der Waals surface area contributed by atoms with E-state index in [-0.39, 0.29) is 29.2 Å². The van der Waals surface area contributed by atoms with E-state index in [2.05, 4.69) is 10.1 Å². The molecule has 2 N–H and O–H groups in total. The van der Waals surface area contributed by atoms with Crippen LogP contribution >= 0.6 is 11.8 Å². The van der Waals surface area contributed by atoms with Crippen molar-refractivity contribution in [2.75, 3.05) is 12.9 Å². The molecular formula is C12H21NO5S. The average Bonchev–Trinajstić information content (AvgIpc) is 2.30. The highest BCUT2D eigenvalue weighted by atomic mass is 32.2. The molecule has 0 aromatic heterocycles. The Bertz CT molecular complexity index is 338. The Kier molecular flexibility index (Phi) is 7.51. The van der Waals surface area contributed by atoms with Crippen LogP contribution in [0.4, 0.5) is 0 Å². The van der Waals surface area contributed by atoms with Gasteiger partial charge in [0.2, 0.25) is 5.91 Å². The summed E-state index contributed by atoms with van der Waals surface area (Å²) < 4.78 is 4.36. The minimum absolute atomic E-state index is 0.0218. The van der Waals surface area contributed by atoms with Crippen LogP contribution in [-0.4, -0.2) is 46.6 Å². The number of amides is 1. The molecule has 0 rings (SSSR count). The lowest BCUT2D eigenvalue weighted by Crippen LogP contribution is -2.42. The van der Waals surface area contributed by atoms with E-state index in [1.807, 2.05) is 20.8 Å². The van der Waals surface area contributed by atoms with Gasteiger partial charge in [-0.3, -0.25) is 9.59 Å². The summed E-state index contributed by atoms with van der Waals surface area (Å²) in [6.07, 6.45) is -0.0198. The van der Waals surface area contributed by atoms with E-state index in [4.69, 9.17) is 5.11 Å². The highest BCUT2D eigenvalue weighted by molar-refractivity contribution is 8.01. The maximum Gasteiger partial charge on any atom is 0.326 e. The molecule has 7 heteroatoms. The summed E-state index contributed by atoms with van der Waals surface area (Å²) >= 11 is 1.43. The van der Waals surface area contributed by atoms with Crippen molar-refractivity contribution >= 4 is 29.6 Å². The second-order valence-corrected chi connectivity index (χ2v) is 6.78. The molecule has 0 fully saturated rings. The molecule has 0 heterocycles. The highest BCUT2D eigenvalue weighted by Gasteiger charge is 2.22. The lowest BCUT2D eigenvalue weighted by atomic mass is 10.1. The number of methoxy groups -OCH3 is 1. The molecule has 0 spiro atoms. The quantitative estimate of drug-likeness (QED) is 0.681. The first-order chi connectivity index (χ1) is 8.65. The van der Waals surface area contributed by atoms with Gasteiger partial charge in [-0.15, -0.1) is 11.8 Å². The van der Waals surface area contributed by atoms with Crippen molar-refractivity contribution in [2.45, 2.75) is 44.4 Å². The fourth-order valence-electron chi connectivity index (χ4n) is 1.14. The number of nitrogens with one attached hydrogen (secondary N) is 1. The lowest BCUT2D eigenvalue weighted by Gasteiger charge is -2.18. The summed E-state index contributed by atoms with van der Waals surface area (Å²) in [5, 5.41) is 11.4. The topological polar surface area (TPSA) is 92.7 Å². The molecule has 0 saturated heterocycles. The molecule has 0 saturated carbocycles. The molecule has 0 bridgehead atoms. The van der Waals surface area contributed by atoms with Crippen LogP contribution in [0.1, 0.15) is 33.6 Å². The van der Waals surface area contributed by atoms with E-state index in [0.717, 1.165) is 0 Å². The minimum Gasteiger partial charge on any atom is -0.480 e. The summed E-state index contributed by atoms with van der Waals surface area (Å²) in [6.45, 7) is 5.91. The maximum atomic E-state index is 11.6. The van der Waals surface area contributed by atoms with Crippen molar-refractivity contribution in [3.63, 3.8) is 0 Å². The molecule has 0 aliphatic heterocycles. The van der Waals surface area contributed by atoms with Crippen LogP contribution in [0.15, 0.2) is 0 Å². The van der Waals surface area contributed by atoms with Gasteiger partial charge in [0.05, 0.1) is 12.9 Å². The van der Waals surface area contributed by atoms with Crippen molar-refractivity contribution < 1.29 is 24.2 Å². The third-order valence-electron chi connectivity index (χ3n) is 2.13. The van der Waals surface area contributed by atoms with Crippen molar-refractivity contribution in [3.8, 4) is 0 Å². The molecule has 0 radical (unpaired) electrons. The molecule has 0 aromatic carbocycles. The number of carboxylic acid groups (broad SMARTS) is 1. The largest absolute Gasteiger partial charge is 0.480 e. The van der Waals surface area contributed by atoms with Crippen LogP contribution in [-0.2, 0) is 19.1 Å². The predicted molar refractivity (Wildman–Crippen MR) is 73.0 cm³/mol. The molecule has 0 aliphatic carbocycles. The van der Waals surface area contributed by atoms with E-state index in [1.54, 1.807) is 0 Å². The Morgan fingerprint density at radius 2 is 1.89 bits per heavy atom. The summed E-state index contributed by atoms with van der Waals surface area (Å²) in [5.41, 5.74) is 0. The second-order valence-electron chi connectivity index (χ2n) is 4.97. The normalized spacial score (nSPS) is 12.6. The monoisotopic (exact) mass is 291 g/mol. The van der Waals surface area contributed by atoms with Crippen LogP contribution in [0.25, 0.3) is 0 Å². The van der Waals surface area contributed by atoms with Crippen molar-refractivity contribution in [1.29, 1.82) is 0 Å². The standard InChI is InChI=1S/C12H21NO5S/c1-12(2,3)19-7-9(14)13-8(11(16)17)5-6-10(15)18-4/h8H,5-7H2,1-4H3,(H,13,14)(H,16,17). The predicted octanol–water partition coefficient (Wildman–Crippen LogP) is 1.04. The first kappa shape index (κ1) is 17.8. The van der Waals surface area contributed by atoms with E-state index < -0.39 is 18.0 Å². The maximum absolute atomic E-state index is 11.6. The molecule has 0 aromatic rings. The first-order valence-electron chi connectivity index (χ1n) is 5.88. The van der Waals surface area contributed by atoms with E-state index in [9.17, 15) is 14.4 Å². The SMILES string of the molecule is COC(=O)CCC(NC(=O)CSC(C)(C)C)C(=O)O. The third kappa shape index (κ3) is 9.35. The van der Waals surface area contributed by atoms with Crippen LogP contribution < -0.4 is 5.32 Å². The first-order valence-corrected chi connectivity index (χ1v) is 6.87. The number of aliphatic carboxylic acids is 1. The zero-order valence-corrected chi connectivity index (χ0v) is 12.5. The highest BCUT2D eigenvalue weighted by Crippen LogP contribution is 2.22. The Morgan fingerprint density at radius 1 is 1.32 bits per heavy atom. The number of carboxylic acids is 1. The van der Waals surface area contributed by atoms with Gasteiger partial charge in [0, 0.05) is 11.2 Å². The third-order valence-corrected chi connectivity index (χ3v) is 3.41. The molecule has 1 unspecified atom stereocenters. The number of esters is 1. The van der Waals surface area contributed by atoms with Gasteiger partial charge in [-0.25, -0.2) is 4.79 Å². The number of carbonyl (C=O) groups excluding carboxylic acids is 2. The Balaban J connectivity index is 4.23. The van der Waals surface area contributed by atoms with Crippen LogP contribution in [0, 0.1) is 0 Å². The van der Waals surface area contributed by atoms with Gasteiger partial charge in [0.15, 0.2) is 0 Å². The molecule has 0 aliphatic rings. The van der Waals surface area contributed by atoms with Gasteiger partial charge < -0.3 is 15.2 Å². The number of ether oxygens (including phenoxy) is 1. The van der Waals surface area contributed by atoms with Crippen LogP contribution in [0.2, 0.25) is 0 Å². The Morgan fingerprint density at radius 3 is 2.32 bits per heavy atom. The van der Waals surface area contributed by atoms with Crippen LogP contribution in [0.3, 0.4) is 0 Å². The summed E-state index contributed by atoms with van der Waals surface area (Å²) in [5.74, 6) is -1.81. The number of hydrogen-bond acceptors (Lipinski definition) is 5. The second kappa shape index (κ2) is 8.04. The van der Waals surface area contributed by atoms with Gasteiger partial charge in [0.25, 0.3) is 0 Å². The fraction of sp³-hybridized carbons (Fsp3) is 0.750. The number of carbonyl (C=O) groups is 3. The smallest absolute Gasteiger partial charge is 0.326 e. The summed E-state index contributed by atoms with van der Waals surface area (Å²) in [4.78, 5) is 33.5. The van der Waals surface area contributed by atoms with E-state index in [1.165, 1.54) is 18.9 Å². The van der Waals surface area contributed by atoms with Crippen molar-refractivity contribution in [2.24, 2.45) is 0 Å². The van der Waals surface area contributed by atoms with Gasteiger partial charge in [-0.1, -0.05) is 20.8 Å². The van der Waals surface area contributed by atoms with Crippen molar-refractivity contribution in [1.82, 2.24) is 5.32 Å². The lowest BCUT2D eigenvalue weighted by molar-refractivity contribution is -0.143. The molecular weight excluding hydrogens is 270 g/mol. The molecule has 19 heavy (non-hydrogen) atoms. The average molecular weight is 291 g/mol. The Hall–Kier alpha value is -1.24. The minimum atomic E-state index is -1.15. The van der Waals surface area contributed by atoms with Gasteiger partial charge in [0.1, 0.15) is 6.04 Å². The van der Waals surface area contributed by atoms with Crippen molar-refractivity contribution in [3.05, 3.63) is 0 Å². The zero-order valence-electron chi connectivity index (χ0n) is 11.7. The molecule has 6 nitrogen and oxygen atoms in total. The van der Waals surface area contributed by atoms with Gasteiger partial charge in [-0.05, 0) is 6.42 Å². The van der Waals surface area contributed by atoms with Gasteiger partial charge >= 0.3 is 11.9 Å². The fourth-order valence-corrected chi connectivity index (χ4v) is 1.79. The molecule has 1 atom stereocenters. The van der Waals surface area contributed by atoms with Crippen LogP contribution in [0.5, 0.6) is 0 Å². The number of hydrogen-bond donors (Lipinski definition) is 2. The van der Waals surface area contributed by atoms with E-state index >= 15 is 0 Å². The number of thioether (sulfide) groups is 1. The summed E-state index contributed by atoms with van der Waals surface area (Å²) in [6, 6.07) is -1.06. The zero-order chi connectivity index (χ0) is 15.1. The van der Waals surface area contributed by atoms with Gasteiger partial charge in [-0.2, -0.15) is 0 Å². The summed E-state index contributed by atoms with van der Waals surface area (Å²) in [7, 11) is 1.23. The molecule has 110 valence electrons. The van der Waals surface area contributed by atoms with E-state index in [0.29, 0.717) is 0 Å². The Labute approximate surface area is 117 Å². The number of rotatable bonds is 7.